The maximum Gasteiger partial charge on any atom is 0.306 e. The lowest BCUT2D eigenvalue weighted by Crippen LogP contribution is -2.63. The summed E-state index contributed by atoms with van der Waals surface area (Å²) in [6.07, 6.45) is 3.08. The van der Waals surface area contributed by atoms with Crippen LogP contribution in [0.1, 0.15) is 19.3 Å². The molecule has 4 heteroatoms. The molecule has 0 bridgehead atoms. The van der Waals surface area contributed by atoms with Crippen molar-refractivity contribution in [2.24, 2.45) is 11.3 Å². The summed E-state index contributed by atoms with van der Waals surface area (Å²) < 4.78 is 0. The van der Waals surface area contributed by atoms with Crippen LogP contribution in [0.4, 0.5) is 0 Å². The molecule has 0 amide bonds. The van der Waals surface area contributed by atoms with E-state index in [1.165, 1.54) is 32.6 Å². The molecule has 90 valence electrons. The van der Waals surface area contributed by atoms with Crippen molar-refractivity contribution in [1.29, 1.82) is 0 Å². The number of carboxylic acid groups (broad SMARTS) is 1. The van der Waals surface area contributed by atoms with Gasteiger partial charge in [0.1, 0.15) is 0 Å². The molecule has 2 heterocycles. The maximum atomic E-state index is 10.7. The van der Waals surface area contributed by atoms with Gasteiger partial charge >= 0.3 is 5.97 Å². The second-order valence-electron chi connectivity index (χ2n) is 6.05. The van der Waals surface area contributed by atoms with Gasteiger partial charge in [-0.25, -0.2) is 0 Å². The van der Waals surface area contributed by atoms with Crippen LogP contribution in [0.5, 0.6) is 0 Å². The summed E-state index contributed by atoms with van der Waals surface area (Å²) in [7, 11) is 2.20. The molecule has 3 fully saturated rings. The maximum absolute atomic E-state index is 10.7. The van der Waals surface area contributed by atoms with Crippen LogP contribution in [0.25, 0.3) is 0 Å². The van der Waals surface area contributed by atoms with E-state index in [0.717, 1.165) is 12.8 Å². The van der Waals surface area contributed by atoms with Crippen LogP contribution in [0.2, 0.25) is 0 Å². The summed E-state index contributed by atoms with van der Waals surface area (Å²) in [5.74, 6) is -0.667. The smallest absolute Gasteiger partial charge is 0.306 e. The first-order valence-corrected chi connectivity index (χ1v) is 6.23. The largest absolute Gasteiger partial charge is 0.481 e. The number of rotatable bonds is 2. The molecule has 3 aliphatic rings. The van der Waals surface area contributed by atoms with E-state index in [1.54, 1.807) is 0 Å². The van der Waals surface area contributed by atoms with E-state index < -0.39 is 5.97 Å². The van der Waals surface area contributed by atoms with Crippen molar-refractivity contribution in [2.45, 2.75) is 25.3 Å². The lowest BCUT2D eigenvalue weighted by molar-refractivity contribution is -0.150. The highest BCUT2D eigenvalue weighted by Gasteiger charge is 2.51. The number of aliphatic carboxylic acids is 1. The van der Waals surface area contributed by atoms with E-state index in [0.29, 0.717) is 11.5 Å². The van der Waals surface area contributed by atoms with Gasteiger partial charge in [0.2, 0.25) is 0 Å². The highest BCUT2D eigenvalue weighted by atomic mass is 16.4. The van der Waals surface area contributed by atoms with Crippen molar-refractivity contribution in [3.8, 4) is 0 Å². The highest BCUT2D eigenvalue weighted by molar-refractivity contribution is 5.71. The molecule has 0 unspecified atom stereocenters. The molecule has 4 nitrogen and oxygen atoms in total. The molecule has 2 aliphatic heterocycles. The van der Waals surface area contributed by atoms with Gasteiger partial charge in [-0.2, -0.15) is 0 Å². The first-order chi connectivity index (χ1) is 7.58. The summed E-state index contributed by atoms with van der Waals surface area (Å²) >= 11 is 0. The molecular formula is C12H20N2O2. The average Bonchev–Trinajstić information content (AvgIpc) is 2.43. The molecule has 0 aromatic heterocycles. The van der Waals surface area contributed by atoms with Crippen molar-refractivity contribution < 1.29 is 9.90 Å². The summed E-state index contributed by atoms with van der Waals surface area (Å²) in [5.41, 5.74) is 0.559. The number of likely N-dealkylation sites (tertiary alicyclic amines) is 2. The van der Waals surface area contributed by atoms with Crippen LogP contribution in [0, 0.1) is 11.3 Å². The Hall–Kier alpha value is -0.610. The minimum Gasteiger partial charge on any atom is -0.481 e. The molecule has 1 aliphatic carbocycles. The molecule has 1 N–H and O–H groups in total. The predicted octanol–water partition coefficient (Wildman–Crippen LogP) is 0.487. The Morgan fingerprint density at radius 3 is 2.50 bits per heavy atom. The monoisotopic (exact) mass is 224 g/mol. The third-order valence-electron chi connectivity index (χ3n) is 4.69. The van der Waals surface area contributed by atoms with Crippen molar-refractivity contribution in [3.63, 3.8) is 0 Å². The summed E-state index contributed by atoms with van der Waals surface area (Å²) in [4.78, 5) is 15.6. The minimum atomic E-state index is -0.605. The van der Waals surface area contributed by atoms with Gasteiger partial charge in [-0.1, -0.05) is 0 Å². The average molecular weight is 224 g/mol. The summed E-state index contributed by atoms with van der Waals surface area (Å²) in [5, 5.41) is 8.84. The zero-order chi connectivity index (χ0) is 11.3. The van der Waals surface area contributed by atoms with Gasteiger partial charge < -0.3 is 10.0 Å². The van der Waals surface area contributed by atoms with Crippen LogP contribution in [-0.4, -0.2) is 60.1 Å². The van der Waals surface area contributed by atoms with E-state index in [-0.39, 0.29) is 5.92 Å². The number of hydrogen-bond donors (Lipinski definition) is 1. The number of hydrogen-bond acceptors (Lipinski definition) is 3. The summed E-state index contributed by atoms with van der Waals surface area (Å²) in [6.45, 7) is 4.87. The molecule has 1 spiro atoms. The van der Waals surface area contributed by atoms with Crippen LogP contribution < -0.4 is 0 Å². The zero-order valence-electron chi connectivity index (χ0n) is 9.85. The Bertz CT molecular complexity index is 306. The minimum absolute atomic E-state index is 0.0622. The third kappa shape index (κ3) is 1.55. The standard InChI is InChI=1S/C12H20N2O2/c1-13-3-2-12(6-13)7-14(8-12)10-4-9(5-10)11(15)16/h9-10H,2-8H2,1H3,(H,15,16). The topological polar surface area (TPSA) is 43.8 Å². The molecule has 0 aromatic rings. The highest BCUT2D eigenvalue weighted by Crippen LogP contribution is 2.44. The van der Waals surface area contributed by atoms with Gasteiger partial charge in [-0.05, 0) is 32.9 Å². The molecule has 3 rings (SSSR count). The summed E-state index contributed by atoms with van der Waals surface area (Å²) in [6, 6.07) is 0.567. The van der Waals surface area contributed by atoms with Crippen LogP contribution in [0.3, 0.4) is 0 Å². The van der Waals surface area contributed by atoms with Gasteiger partial charge in [0.15, 0.2) is 0 Å². The molecular weight excluding hydrogens is 204 g/mol. The molecule has 1 saturated carbocycles. The predicted molar refractivity (Wildman–Crippen MR) is 60.3 cm³/mol. The number of carboxylic acids is 1. The van der Waals surface area contributed by atoms with Gasteiger partial charge in [-0.3, -0.25) is 9.69 Å². The molecule has 0 radical (unpaired) electrons. The quantitative estimate of drug-likeness (QED) is 0.741. The number of nitrogens with zero attached hydrogens (tertiary/aromatic N) is 2. The Balaban J connectivity index is 1.47. The van der Waals surface area contributed by atoms with Crippen LogP contribution in [0.15, 0.2) is 0 Å². The Kier molecular flexibility index (Phi) is 2.27. The van der Waals surface area contributed by atoms with E-state index in [1.807, 2.05) is 0 Å². The zero-order valence-corrected chi connectivity index (χ0v) is 9.85. The van der Waals surface area contributed by atoms with Gasteiger partial charge in [0, 0.05) is 31.1 Å². The van der Waals surface area contributed by atoms with Crippen molar-refractivity contribution in [1.82, 2.24) is 9.80 Å². The lowest BCUT2D eigenvalue weighted by Gasteiger charge is -2.55. The molecule has 0 aromatic carbocycles. The molecule has 2 saturated heterocycles. The van der Waals surface area contributed by atoms with Crippen molar-refractivity contribution in [3.05, 3.63) is 0 Å². The Labute approximate surface area is 96.2 Å². The third-order valence-corrected chi connectivity index (χ3v) is 4.69. The lowest BCUT2D eigenvalue weighted by atomic mass is 9.72. The normalized spacial score (nSPS) is 38.3. The Morgan fingerprint density at radius 2 is 2.00 bits per heavy atom. The van der Waals surface area contributed by atoms with E-state index in [4.69, 9.17) is 5.11 Å². The van der Waals surface area contributed by atoms with E-state index in [9.17, 15) is 4.79 Å². The van der Waals surface area contributed by atoms with E-state index >= 15 is 0 Å². The fourth-order valence-electron chi connectivity index (χ4n) is 3.58. The Morgan fingerprint density at radius 1 is 1.31 bits per heavy atom. The van der Waals surface area contributed by atoms with Crippen molar-refractivity contribution >= 4 is 5.97 Å². The SMILES string of the molecule is CN1CCC2(C1)CN(C1CC(C(=O)O)C1)C2. The van der Waals surface area contributed by atoms with E-state index in [2.05, 4.69) is 16.8 Å². The van der Waals surface area contributed by atoms with Gasteiger partial charge in [0.05, 0.1) is 5.92 Å². The van der Waals surface area contributed by atoms with Crippen LogP contribution in [-0.2, 0) is 4.79 Å². The second-order valence-corrected chi connectivity index (χ2v) is 6.05. The molecule has 0 atom stereocenters. The number of carbonyl (C=O) groups is 1. The molecule has 16 heavy (non-hydrogen) atoms. The van der Waals surface area contributed by atoms with Gasteiger partial charge in [-0.15, -0.1) is 0 Å². The fraction of sp³-hybridized carbons (Fsp3) is 0.917. The fourth-order valence-corrected chi connectivity index (χ4v) is 3.58. The van der Waals surface area contributed by atoms with Gasteiger partial charge in [0.25, 0.3) is 0 Å². The van der Waals surface area contributed by atoms with Crippen molar-refractivity contribution in [2.75, 3.05) is 33.2 Å². The first kappa shape index (κ1) is 10.5. The second kappa shape index (κ2) is 3.44. The van der Waals surface area contributed by atoms with Crippen LogP contribution >= 0.6 is 0 Å². The first-order valence-electron chi connectivity index (χ1n) is 6.23.